The first-order chi connectivity index (χ1) is 8.65. The first-order valence-corrected chi connectivity index (χ1v) is 5.57. The van der Waals surface area contributed by atoms with E-state index in [4.69, 9.17) is 8.83 Å². The van der Waals surface area contributed by atoms with Gasteiger partial charge in [-0.15, -0.1) is 0 Å². The highest BCUT2D eigenvalue weighted by Crippen LogP contribution is 2.30. The smallest absolute Gasteiger partial charge is 0.170 e. The molecule has 0 spiro atoms. The lowest BCUT2D eigenvalue weighted by atomic mass is 10.2. The maximum absolute atomic E-state index is 13.5. The molecule has 3 nitrogen and oxygen atoms in total. The predicted octanol–water partition coefficient (Wildman–Crippen LogP) is 3.56. The fourth-order valence-electron chi connectivity index (χ4n) is 1.92. The lowest BCUT2D eigenvalue weighted by molar-refractivity contribution is 0.163. The van der Waals surface area contributed by atoms with E-state index in [-0.39, 0.29) is 11.3 Å². The van der Waals surface area contributed by atoms with Gasteiger partial charge in [-0.1, -0.05) is 12.1 Å². The van der Waals surface area contributed by atoms with Crippen LogP contribution in [0.25, 0.3) is 11.0 Å². The molecule has 0 fully saturated rings. The number of aryl methyl sites for hydroxylation is 1. The molecule has 0 saturated heterocycles. The Morgan fingerprint density at radius 1 is 1.11 bits per heavy atom. The molecule has 1 unspecified atom stereocenters. The second kappa shape index (κ2) is 3.99. The molecular formula is C14H11FO3. The molecule has 4 heteroatoms. The SMILES string of the molecule is Cc1ccc(C(O)c2cc3cccc(F)c3o2)o1. The predicted molar refractivity (Wildman–Crippen MR) is 63.7 cm³/mol. The summed E-state index contributed by atoms with van der Waals surface area (Å²) in [6.07, 6.45) is -1.02. The van der Waals surface area contributed by atoms with Gasteiger partial charge in [-0.25, -0.2) is 4.39 Å². The maximum Gasteiger partial charge on any atom is 0.170 e. The number of fused-ring (bicyclic) bond motifs is 1. The van der Waals surface area contributed by atoms with Crippen LogP contribution in [0, 0.1) is 12.7 Å². The highest BCUT2D eigenvalue weighted by molar-refractivity contribution is 5.78. The highest BCUT2D eigenvalue weighted by atomic mass is 19.1. The number of aliphatic hydroxyl groups is 1. The van der Waals surface area contributed by atoms with Crippen molar-refractivity contribution in [2.45, 2.75) is 13.0 Å². The van der Waals surface area contributed by atoms with Crippen molar-refractivity contribution in [1.29, 1.82) is 0 Å². The minimum Gasteiger partial charge on any atom is -0.463 e. The van der Waals surface area contributed by atoms with Crippen molar-refractivity contribution >= 4 is 11.0 Å². The van der Waals surface area contributed by atoms with E-state index in [2.05, 4.69) is 0 Å². The van der Waals surface area contributed by atoms with Crippen LogP contribution in [0.1, 0.15) is 23.4 Å². The van der Waals surface area contributed by atoms with Crippen molar-refractivity contribution in [3.8, 4) is 0 Å². The lowest BCUT2D eigenvalue weighted by Gasteiger charge is -2.02. The molecule has 0 radical (unpaired) electrons. The molecule has 18 heavy (non-hydrogen) atoms. The van der Waals surface area contributed by atoms with E-state index >= 15 is 0 Å². The number of furan rings is 2. The summed E-state index contributed by atoms with van der Waals surface area (Å²) in [4.78, 5) is 0. The topological polar surface area (TPSA) is 46.5 Å². The summed E-state index contributed by atoms with van der Waals surface area (Å²) in [6.45, 7) is 1.79. The van der Waals surface area contributed by atoms with Gasteiger partial charge in [0.15, 0.2) is 17.5 Å². The lowest BCUT2D eigenvalue weighted by Crippen LogP contribution is -1.95. The van der Waals surface area contributed by atoms with E-state index in [0.29, 0.717) is 16.9 Å². The quantitative estimate of drug-likeness (QED) is 0.752. The van der Waals surface area contributed by atoms with Crippen molar-refractivity contribution in [3.05, 3.63) is 59.5 Å². The first kappa shape index (κ1) is 11.0. The largest absolute Gasteiger partial charge is 0.463 e. The van der Waals surface area contributed by atoms with Crippen LogP contribution in [0.4, 0.5) is 4.39 Å². The van der Waals surface area contributed by atoms with Gasteiger partial charge in [0.2, 0.25) is 0 Å². The van der Waals surface area contributed by atoms with Crippen molar-refractivity contribution in [3.63, 3.8) is 0 Å². The molecule has 2 heterocycles. The minimum atomic E-state index is -1.02. The van der Waals surface area contributed by atoms with E-state index in [1.165, 1.54) is 6.07 Å². The van der Waals surface area contributed by atoms with Gasteiger partial charge in [0, 0.05) is 5.39 Å². The van der Waals surface area contributed by atoms with Gasteiger partial charge in [0.1, 0.15) is 17.3 Å². The fraction of sp³-hybridized carbons (Fsp3) is 0.143. The van der Waals surface area contributed by atoms with Crippen LogP contribution in [0.5, 0.6) is 0 Å². The summed E-state index contributed by atoms with van der Waals surface area (Å²) in [6, 6.07) is 9.68. The van der Waals surface area contributed by atoms with Crippen LogP contribution < -0.4 is 0 Å². The third kappa shape index (κ3) is 1.71. The molecule has 2 aromatic heterocycles. The number of para-hydroxylation sites is 1. The number of halogens is 1. The molecule has 0 bridgehead atoms. The minimum absolute atomic E-state index is 0.148. The Morgan fingerprint density at radius 3 is 2.61 bits per heavy atom. The summed E-state index contributed by atoms with van der Waals surface area (Å²) in [5.41, 5.74) is 0.148. The molecule has 3 rings (SSSR count). The number of aliphatic hydroxyl groups excluding tert-OH is 1. The molecule has 3 aromatic rings. The molecule has 0 aliphatic carbocycles. The van der Waals surface area contributed by atoms with Gasteiger partial charge in [-0.05, 0) is 31.2 Å². The zero-order valence-electron chi connectivity index (χ0n) is 9.68. The van der Waals surface area contributed by atoms with Crippen LogP contribution in [0.2, 0.25) is 0 Å². The second-order valence-corrected chi connectivity index (χ2v) is 4.16. The fourth-order valence-corrected chi connectivity index (χ4v) is 1.92. The summed E-state index contributed by atoms with van der Waals surface area (Å²) < 4.78 is 24.1. The molecule has 1 atom stereocenters. The standard InChI is InChI=1S/C14H11FO3/c1-8-5-6-11(17-8)13(16)12-7-9-3-2-4-10(15)14(9)18-12/h2-7,13,16H,1H3. The van der Waals surface area contributed by atoms with Crippen molar-refractivity contribution in [2.75, 3.05) is 0 Å². The van der Waals surface area contributed by atoms with Gasteiger partial charge in [0.05, 0.1) is 0 Å². The Morgan fingerprint density at radius 2 is 1.94 bits per heavy atom. The van der Waals surface area contributed by atoms with Gasteiger partial charge in [-0.3, -0.25) is 0 Å². The summed E-state index contributed by atoms with van der Waals surface area (Å²) in [5.74, 6) is 0.907. The summed E-state index contributed by atoms with van der Waals surface area (Å²) >= 11 is 0. The van der Waals surface area contributed by atoms with E-state index in [1.54, 1.807) is 37.3 Å². The Hall–Kier alpha value is -2.07. The van der Waals surface area contributed by atoms with Gasteiger partial charge < -0.3 is 13.9 Å². The van der Waals surface area contributed by atoms with Crippen molar-refractivity contribution < 1.29 is 18.3 Å². The molecule has 92 valence electrons. The van der Waals surface area contributed by atoms with Crippen LogP contribution in [0.15, 0.2) is 45.2 Å². The average molecular weight is 246 g/mol. The van der Waals surface area contributed by atoms with E-state index in [9.17, 15) is 9.50 Å². The summed E-state index contributed by atoms with van der Waals surface area (Å²) in [5, 5.41) is 10.7. The molecule has 0 amide bonds. The number of hydrogen-bond acceptors (Lipinski definition) is 3. The number of rotatable bonds is 2. The Kier molecular flexibility index (Phi) is 2.45. The molecule has 1 N–H and O–H groups in total. The normalized spacial score (nSPS) is 13.1. The maximum atomic E-state index is 13.5. The Balaban J connectivity index is 2.06. The Labute approximate surface area is 102 Å². The Bertz CT molecular complexity index is 696. The van der Waals surface area contributed by atoms with Crippen LogP contribution in [0.3, 0.4) is 0 Å². The van der Waals surface area contributed by atoms with Crippen LogP contribution >= 0.6 is 0 Å². The third-order valence-corrected chi connectivity index (χ3v) is 2.82. The zero-order valence-corrected chi connectivity index (χ0v) is 9.68. The molecule has 1 aromatic carbocycles. The van der Waals surface area contributed by atoms with Gasteiger partial charge >= 0.3 is 0 Å². The van der Waals surface area contributed by atoms with E-state index in [1.807, 2.05) is 0 Å². The molecule has 0 aliphatic rings. The second-order valence-electron chi connectivity index (χ2n) is 4.16. The van der Waals surface area contributed by atoms with E-state index in [0.717, 1.165) is 0 Å². The monoisotopic (exact) mass is 246 g/mol. The average Bonchev–Trinajstić information content (AvgIpc) is 2.95. The molecule has 0 aliphatic heterocycles. The third-order valence-electron chi connectivity index (χ3n) is 2.82. The molecular weight excluding hydrogens is 235 g/mol. The van der Waals surface area contributed by atoms with Gasteiger partial charge in [0.25, 0.3) is 0 Å². The summed E-state index contributed by atoms with van der Waals surface area (Å²) in [7, 11) is 0. The van der Waals surface area contributed by atoms with Crippen LogP contribution in [-0.2, 0) is 0 Å². The number of hydrogen-bond donors (Lipinski definition) is 1. The first-order valence-electron chi connectivity index (χ1n) is 5.57. The van der Waals surface area contributed by atoms with Crippen LogP contribution in [-0.4, -0.2) is 5.11 Å². The van der Waals surface area contributed by atoms with Crippen molar-refractivity contribution in [1.82, 2.24) is 0 Å². The van der Waals surface area contributed by atoms with Gasteiger partial charge in [-0.2, -0.15) is 0 Å². The van der Waals surface area contributed by atoms with Crippen molar-refractivity contribution in [2.24, 2.45) is 0 Å². The molecule has 0 saturated carbocycles. The zero-order chi connectivity index (χ0) is 12.7. The van der Waals surface area contributed by atoms with E-state index < -0.39 is 11.9 Å². The number of benzene rings is 1. The highest BCUT2D eigenvalue weighted by Gasteiger charge is 2.19.